The van der Waals surface area contributed by atoms with E-state index in [0.717, 1.165) is 0 Å². The number of aromatic nitrogens is 2. The minimum atomic E-state index is -0.743. The van der Waals surface area contributed by atoms with Crippen molar-refractivity contribution in [3.05, 3.63) is 54.2 Å². The highest BCUT2D eigenvalue weighted by Gasteiger charge is 2.16. The third kappa shape index (κ3) is 3.01. The number of nitrogens with one attached hydrogen (secondary N) is 1. The Morgan fingerprint density at radius 1 is 1.22 bits per heavy atom. The minimum absolute atomic E-state index is 0.257. The average molecular weight is 247 g/mol. The fourth-order valence-corrected chi connectivity index (χ4v) is 1.63. The zero-order chi connectivity index (χ0) is 13.0. The summed E-state index contributed by atoms with van der Waals surface area (Å²) in [4.78, 5) is 7.99. The maximum absolute atomic E-state index is 12.8. The van der Waals surface area contributed by atoms with Crippen LogP contribution in [0.4, 0.5) is 10.2 Å². The molecule has 0 spiro atoms. The molecule has 1 aromatic carbocycles. The van der Waals surface area contributed by atoms with Gasteiger partial charge in [0.1, 0.15) is 11.6 Å². The topological polar surface area (TPSA) is 58.0 Å². The molecule has 0 unspecified atom stereocenters. The summed E-state index contributed by atoms with van der Waals surface area (Å²) >= 11 is 0. The highest BCUT2D eigenvalue weighted by atomic mass is 19.1. The lowest BCUT2D eigenvalue weighted by molar-refractivity contribution is 0.160. The van der Waals surface area contributed by atoms with Crippen LogP contribution in [0.15, 0.2) is 42.9 Å². The summed E-state index contributed by atoms with van der Waals surface area (Å²) in [5, 5.41) is 13.1. The van der Waals surface area contributed by atoms with Crippen LogP contribution in [0.1, 0.15) is 18.6 Å². The molecule has 4 nitrogen and oxygen atoms in total. The van der Waals surface area contributed by atoms with Crippen molar-refractivity contribution in [2.24, 2.45) is 0 Å². The molecular weight excluding hydrogens is 233 g/mol. The first-order chi connectivity index (χ1) is 8.66. The second kappa shape index (κ2) is 5.55. The molecule has 0 fully saturated rings. The van der Waals surface area contributed by atoms with Gasteiger partial charge in [0.05, 0.1) is 18.3 Å². The minimum Gasteiger partial charge on any atom is -0.386 e. The van der Waals surface area contributed by atoms with Crippen LogP contribution in [0.25, 0.3) is 0 Å². The largest absolute Gasteiger partial charge is 0.386 e. The molecular formula is C13H14FN3O. The second-order valence-corrected chi connectivity index (χ2v) is 4.02. The second-order valence-electron chi connectivity index (χ2n) is 4.02. The molecule has 18 heavy (non-hydrogen) atoms. The molecule has 2 atom stereocenters. The van der Waals surface area contributed by atoms with Crippen LogP contribution in [-0.2, 0) is 0 Å². The predicted molar refractivity (Wildman–Crippen MR) is 66.5 cm³/mol. The van der Waals surface area contributed by atoms with Crippen molar-refractivity contribution in [2.45, 2.75) is 19.1 Å². The highest BCUT2D eigenvalue weighted by Crippen LogP contribution is 2.19. The Morgan fingerprint density at radius 2 is 1.94 bits per heavy atom. The van der Waals surface area contributed by atoms with Crippen LogP contribution >= 0.6 is 0 Å². The van der Waals surface area contributed by atoms with Crippen molar-refractivity contribution < 1.29 is 9.50 Å². The van der Waals surface area contributed by atoms with Crippen LogP contribution in [-0.4, -0.2) is 21.1 Å². The zero-order valence-corrected chi connectivity index (χ0v) is 9.92. The van der Waals surface area contributed by atoms with E-state index in [9.17, 15) is 9.50 Å². The van der Waals surface area contributed by atoms with Gasteiger partial charge in [0.25, 0.3) is 0 Å². The Hall–Kier alpha value is -2.01. The van der Waals surface area contributed by atoms with E-state index in [0.29, 0.717) is 11.4 Å². The molecule has 2 aromatic rings. The maximum atomic E-state index is 12.8. The standard InChI is InChI=1S/C13H14FN3O/c1-9(17-12-8-15-6-7-16-12)13(18)10-2-4-11(14)5-3-10/h2-9,13,18H,1H3,(H,16,17)/t9-,13+/m0/s1. The number of anilines is 1. The number of hydrogen-bond donors (Lipinski definition) is 2. The van der Waals surface area contributed by atoms with E-state index >= 15 is 0 Å². The number of halogens is 1. The monoisotopic (exact) mass is 247 g/mol. The van der Waals surface area contributed by atoms with Crippen molar-refractivity contribution in [1.82, 2.24) is 9.97 Å². The molecule has 2 rings (SSSR count). The summed E-state index contributed by atoms with van der Waals surface area (Å²) in [5.41, 5.74) is 0.653. The summed E-state index contributed by atoms with van der Waals surface area (Å²) in [6, 6.07) is 5.53. The lowest BCUT2D eigenvalue weighted by Gasteiger charge is -2.20. The van der Waals surface area contributed by atoms with Gasteiger partial charge in [0, 0.05) is 12.4 Å². The molecule has 0 aliphatic heterocycles. The predicted octanol–water partition coefficient (Wildman–Crippen LogP) is 2.15. The van der Waals surface area contributed by atoms with Gasteiger partial charge in [-0.25, -0.2) is 9.37 Å². The van der Waals surface area contributed by atoms with E-state index < -0.39 is 6.10 Å². The fraction of sp³-hybridized carbons (Fsp3) is 0.231. The molecule has 2 N–H and O–H groups in total. The van der Waals surface area contributed by atoms with Gasteiger partial charge in [0.2, 0.25) is 0 Å². The van der Waals surface area contributed by atoms with E-state index in [-0.39, 0.29) is 11.9 Å². The van der Waals surface area contributed by atoms with Gasteiger partial charge in [-0.3, -0.25) is 4.98 Å². The van der Waals surface area contributed by atoms with E-state index in [4.69, 9.17) is 0 Å². The first-order valence-electron chi connectivity index (χ1n) is 5.63. The molecule has 5 heteroatoms. The summed E-state index contributed by atoms with van der Waals surface area (Å²) in [6.45, 7) is 1.82. The van der Waals surface area contributed by atoms with Crippen LogP contribution in [0, 0.1) is 5.82 Å². The van der Waals surface area contributed by atoms with Gasteiger partial charge in [-0.05, 0) is 24.6 Å². The Labute approximate surface area is 105 Å². The smallest absolute Gasteiger partial charge is 0.144 e. The highest BCUT2D eigenvalue weighted by molar-refractivity contribution is 5.33. The van der Waals surface area contributed by atoms with Crippen LogP contribution in [0.3, 0.4) is 0 Å². The van der Waals surface area contributed by atoms with Crippen LogP contribution < -0.4 is 5.32 Å². The van der Waals surface area contributed by atoms with E-state index in [2.05, 4.69) is 15.3 Å². The van der Waals surface area contributed by atoms with Crippen molar-refractivity contribution in [2.75, 3.05) is 5.32 Å². The lowest BCUT2D eigenvalue weighted by atomic mass is 10.0. The maximum Gasteiger partial charge on any atom is 0.144 e. The molecule has 1 heterocycles. The lowest BCUT2D eigenvalue weighted by Crippen LogP contribution is -2.24. The molecule has 0 saturated carbocycles. The molecule has 0 amide bonds. The zero-order valence-electron chi connectivity index (χ0n) is 9.92. The van der Waals surface area contributed by atoms with E-state index in [1.807, 2.05) is 6.92 Å². The number of nitrogens with zero attached hydrogens (tertiary/aromatic N) is 2. The Kier molecular flexibility index (Phi) is 3.84. The molecule has 0 radical (unpaired) electrons. The first kappa shape index (κ1) is 12.4. The van der Waals surface area contributed by atoms with Crippen LogP contribution in [0.2, 0.25) is 0 Å². The Balaban J connectivity index is 2.05. The van der Waals surface area contributed by atoms with Crippen molar-refractivity contribution in [3.63, 3.8) is 0 Å². The summed E-state index contributed by atoms with van der Waals surface area (Å²) in [7, 11) is 0. The number of rotatable bonds is 4. The Bertz CT molecular complexity index is 489. The van der Waals surface area contributed by atoms with E-state index in [1.54, 1.807) is 30.7 Å². The fourth-order valence-electron chi connectivity index (χ4n) is 1.63. The van der Waals surface area contributed by atoms with Gasteiger partial charge in [0.15, 0.2) is 0 Å². The third-order valence-electron chi connectivity index (χ3n) is 2.62. The van der Waals surface area contributed by atoms with Crippen molar-refractivity contribution in [3.8, 4) is 0 Å². The number of aliphatic hydroxyl groups excluding tert-OH is 1. The molecule has 0 aliphatic rings. The SMILES string of the molecule is C[C@H](Nc1cnccn1)[C@@H](O)c1ccc(F)cc1. The van der Waals surface area contributed by atoms with Crippen LogP contribution in [0.5, 0.6) is 0 Å². The summed E-state index contributed by atoms with van der Waals surface area (Å²) in [5.74, 6) is 0.270. The molecule has 0 bridgehead atoms. The summed E-state index contributed by atoms with van der Waals surface area (Å²) < 4.78 is 12.8. The molecule has 1 aromatic heterocycles. The van der Waals surface area contributed by atoms with Gasteiger partial charge in [-0.15, -0.1) is 0 Å². The quantitative estimate of drug-likeness (QED) is 0.869. The van der Waals surface area contributed by atoms with Crippen molar-refractivity contribution in [1.29, 1.82) is 0 Å². The van der Waals surface area contributed by atoms with E-state index in [1.165, 1.54) is 12.1 Å². The van der Waals surface area contributed by atoms with Gasteiger partial charge in [-0.1, -0.05) is 12.1 Å². The van der Waals surface area contributed by atoms with Gasteiger partial charge < -0.3 is 10.4 Å². The van der Waals surface area contributed by atoms with Gasteiger partial charge in [-0.2, -0.15) is 0 Å². The summed E-state index contributed by atoms with van der Waals surface area (Å²) in [6.07, 6.45) is 3.98. The molecule has 0 saturated heterocycles. The third-order valence-corrected chi connectivity index (χ3v) is 2.62. The Morgan fingerprint density at radius 3 is 2.56 bits per heavy atom. The first-order valence-corrected chi connectivity index (χ1v) is 5.63. The van der Waals surface area contributed by atoms with Gasteiger partial charge >= 0.3 is 0 Å². The number of aliphatic hydroxyl groups is 1. The molecule has 94 valence electrons. The normalized spacial score (nSPS) is 13.9. The van der Waals surface area contributed by atoms with Crippen molar-refractivity contribution >= 4 is 5.82 Å². The molecule has 0 aliphatic carbocycles. The average Bonchev–Trinajstić information content (AvgIpc) is 2.40. The number of benzene rings is 1. The number of hydrogen-bond acceptors (Lipinski definition) is 4.